The van der Waals surface area contributed by atoms with Gasteiger partial charge in [0, 0.05) is 36.6 Å². The fourth-order valence-corrected chi connectivity index (χ4v) is 6.33. The van der Waals surface area contributed by atoms with Gasteiger partial charge in [-0.3, -0.25) is 0 Å². The molecule has 4 rings (SSSR count). The Bertz CT molecular complexity index is 1090. The first-order valence-corrected chi connectivity index (χ1v) is 12.6. The average Bonchev–Trinajstić information content (AvgIpc) is 3.19. The van der Waals surface area contributed by atoms with E-state index < -0.39 is 10.0 Å². The summed E-state index contributed by atoms with van der Waals surface area (Å²) in [6.07, 6.45) is 2.08. The van der Waals surface area contributed by atoms with Crippen LogP contribution in [-0.2, 0) is 16.4 Å². The molecule has 7 heteroatoms. The fourth-order valence-electron chi connectivity index (χ4n) is 3.67. The maximum atomic E-state index is 13.0. The molecule has 0 amide bonds. The molecule has 2 heterocycles. The maximum Gasteiger partial charge on any atom is 0.243 e. The van der Waals surface area contributed by atoms with Crippen LogP contribution in [-0.4, -0.2) is 43.9 Å². The number of hydrogen-bond acceptors (Lipinski definition) is 5. The third-order valence-electron chi connectivity index (χ3n) is 5.38. The normalized spacial score (nSPS) is 15.5. The molecule has 158 valence electrons. The van der Waals surface area contributed by atoms with E-state index in [0.29, 0.717) is 31.1 Å². The van der Waals surface area contributed by atoms with Crippen molar-refractivity contribution in [3.8, 4) is 11.3 Å². The number of hydrogen-bond donors (Lipinski definition) is 0. The molecule has 0 bridgehead atoms. The fraction of sp³-hybridized carbons (Fsp3) is 0.348. The van der Waals surface area contributed by atoms with E-state index >= 15 is 0 Å². The molecule has 1 aliphatic rings. The van der Waals surface area contributed by atoms with Crippen LogP contribution in [0.1, 0.15) is 23.8 Å². The molecular weight excluding hydrogens is 414 g/mol. The van der Waals surface area contributed by atoms with Crippen LogP contribution in [0.25, 0.3) is 11.3 Å². The van der Waals surface area contributed by atoms with Gasteiger partial charge in [0.05, 0.1) is 10.6 Å². The van der Waals surface area contributed by atoms with Gasteiger partial charge in [-0.25, -0.2) is 13.4 Å². The van der Waals surface area contributed by atoms with E-state index in [4.69, 9.17) is 4.98 Å². The van der Waals surface area contributed by atoms with E-state index in [1.807, 2.05) is 37.3 Å². The highest BCUT2D eigenvalue weighted by molar-refractivity contribution is 7.89. The average molecular weight is 442 g/mol. The topological polar surface area (TPSA) is 53.5 Å². The van der Waals surface area contributed by atoms with E-state index in [1.165, 1.54) is 4.88 Å². The van der Waals surface area contributed by atoms with Gasteiger partial charge >= 0.3 is 0 Å². The molecule has 5 nitrogen and oxygen atoms in total. The Morgan fingerprint density at radius 2 is 1.63 bits per heavy atom. The molecule has 0 N–H and O–H groups in total. The van der Waals surface area contributed by atoms with Crippen molar-refractivity contribution in [1.82, 2.24) is 9.29 Å². The number of aryl methyl sites for hydroxylation is 2. The molecule has 1 aliphatic heterocycles. The number of sulfonamides is 1. The second-order valence-electron chi connectivity index (χ2n) is 7.59. The Kier molecular flexibility index (Phi) is 6.22. The lowest BCUT2D eigenvalue weighted by Crippen LogP contribution is -2.48. The van der Waals surface area contributed by atoms with Gasteiger partial charge in [-0.15, -0.1) is 11.3 Å². The van der Waals surface area contributed by atoms with E-state index in [-0.39, 0.29) is 0 Å². The predicted molar refractivity (Wildman–Crippen MR) is 124 cm³/mol. The number of anilines is 1. The summed E-state index contributed by atoms with van der Waals surface area (Å²) in [5.41, 5.74) is 3.26. The number of rotatable bonds is 6. The molecule has 0 aliphatic carbocycles. The van der Waals surface area contributed by atoms with Crippen molar-refractivity contribution in [2.24, 2.45) is 0 Å². The van der Waals surface area contributed by atoms with Gasteiger partial charge in [0.25, 0.3) is 0 Å². The van der Waals surface area contributed by atoms with Gasteiger partial charge < -0.3 is 4.90 Å². The van der Waals surface area contributed by atoms with Gasteiger partial charge in [0.2, 0.25) is 10.0 Å². The molecular formula is C23H27N3O2S2. The summed E-state index contributed by atoms with van der Waals surface area (Å²) >= 11 is 1.74. The zero-order valence-electron chi connectivity index (χ0n) is 17.4. The third-order valence-corrected chi connectivity index (χ3v) is 8.47. The largest absolute Gasteiger partial charge is 0.345 e. The molecule has 2 aromatic carbocycles. The summed E-state index contributed by atoms with van der Waals surface area (Å²) in [4.78, 5) is 8.84. The van der Waals surface area contributed by atoms with Crippen LogP contribution in [0.3, 0.4) is 0 Å². The van der Waals surface area contributed by atoms with Crippen molar-refractivity contribution in [1.29, 1.82) is 0 Å². The first-order chi connectivity index (χ1) is 14.5. The van der Waals surface area contributed by atoms with Gasteiger partial charge in [-0.2, -0.15) is 4.31 Å². The highest BCUT2D eigenvalue weighted by Crippen LogP contribution is 2.34. The first kappa shape index (κ1) is 21.0. The molecule has 0 radical (unpaired) electrons. The molecule has 1 fully saturated rings. The molecule has 1 saturated heterocycles. The Balaban J connectivity index is 1.51. The Morgan fingerprint density at radius 1 is 0.967 bits per heavy atom. The van der Waals surface area contributed by atoms with Gasteiger partial charge in [-0.1, -0.05) is 61.4 Å². The van der Waals surface area contributed by atoms with Crippen LogP contribution < -0.4 is 4.90 Å². The minimum atomic E-state index is -3.45. The SMILES string of the molecule is CCCc1sc(N2CCN(S(=O)(=O)c3ccc(C)cc3)CC2)nc1-c1ccccc1. The van der Waals surface area contributed by atoms with Crippen molar-refractivity contribution in [2.45, 2.75) is 31.6 Å². The van der Waals surface area contributed by atoms with Crippen LogP contribution in [0, 0.1) is 6.92 Å². The summed E-state index contributed by atoms with van der Waals surface area (Å²) < 4.78 is 27.5. The lowest BCUT2D eigenvalue weighted by Gasteiger charge is -2.33. The molecule has 0 atom stereocenters. The number of nitrogens with zero attached hydrogens (tertiary/aromatic N) is 3. The van der Waals surface area contributed by atoms with Gasteiger partial charge in [-0.05, 0) is 25.5 Å². The summed E-state index contributed by atoms with van der Waals surface area (Å²) in [7, 11) is -3.45. The van der Waals surface area contributed by atoms with Crippen LogP contribution in [0.15, 0.2) is 59.5 Å². The van der Waals surface area contributed by atoms with Crippen LogP contribution in [0.2, 0.25) is 0 Å². The lowest BCUT2D eigenvalue weighted by molar-refractivity contribution is 0.385. The van der Waals surface area contributed by atoms with Crippen molar-refractivity contribution < 1.29 is 8.42 Å². The van der Waals surface area contributed by atoms with Crippen LogP contribution >= 0.6 is 11.3 Å². The van der Waals surface area contributed by atoms with Crippen LogP contribution in [0.4, 0.5) is 5.13 Å². The second-order valence-corrected chi connectivity index (χ2v) is 10.6. The highest BCUT2D eigenvalue weighted by Gasteiger charge is 2.29. The lowest BCUT2D eigenvalue weighted by atomic mass is 10.1. The van der Waals surface area contributed by atoms with Crippen molar-refractivity contribution >= 4 is 26.5 Å². The Morgan fingerprint density at radius 3 is 2.27 bits per heavy atom. The zero-order valence-corrected chi connectivity index (χ0v) is 19.0. The van der Waals surface area contributed by atoms with E-state index in [0.717, 1.165) is 34.8 Å². The first-order valence-electron chi connectivity index (χ1n) is 10.4. The van der Waals surface area contributed by atoms with Crippen LogP contribution in [0.5, 0.6) is 0 Å². The van der Waals surface area contributed by atoms with Gasteiger partial charge in [0.15, 0.2) is 5.13 Å². The number of piperazine rings is 1. The van der Waals surface area contributed by atoms with Crippen molar-refractivity contribution in [2.75, 3.05) is 31.1 Å². The standard InChI is InChI=1S/C23H27N3O2S2/c1-3-7-21-22(19-8-5-4-6-9-19)24-23(29-21)25-14-16-26(17-15-25)30(27,28)20-12-10-18(2)11-13-20/h4-6,8-13H,3,7,14-17H2,1-2H3. The summed E-state index contributed by atoms with van der Waals surface area (Å²) in [5.74, 6) is 0. The zero-order chi connectivity index (χ0) is 21.1. The monoisotopic (exact) mass is 441 g/mol. The quantitative estimate of drug-likeness (QED) is 0.562. The van der Waals surface area contributed by atoms with E-state index in [9.17, 15) is 8.42 Å². The molecule has 0 spiro atoms. The Labute approximate surface area is 183 Å². The van der Waals surface area contributed by atoms with Gasteiger partial charge in [0.1, 0.15) is 0 Å². The van der Waals surface area contributed by atoms with Crippen molar-refractivity contribution in [3.05, 3.63) is 65.0 Å². The molecule has 0 unspecified atom stereocenters. The van der Waals surface area contributed by atoms with Crippen molar-refractivity contribution in [3.63, 3.8) is 0 Å². The molecule has 30 heavy (non-hydrogen) atoms. The second kappa shape index (κ2) is 8.88. The predicted octanol–water partition coefficient (Wildman–Crippen LogP) is 4.58. The summed E-state index contributed by atoms with van der Waals surface area (Å²) in [5, 5.41) is 0.990. The minimum Gasteiger partial charge on any atom is -0.345 e. The molecule has 1 aromatic heterocycles. The number of thiazole rings is 1. The molecule has 3 aromatic rings. The maximum absolute atomic E-state index is 13.0. The third kappa shape index (κ3) is 4.29. The minimum absolute atomic E-state index is 0.368. The smallest absolute Gasteiger partial charge is 0.243 e. The summed E-state index contributed by atoms with van der Waals surface area (Å²) in [6.45, 7) is 6.39. The Hall–Kier alpha value is -2.22. The van der Waals surface area contributed by atoms with E-state index in [1.54, 1.807) is 27.8 Å². The molecule has 0 saturated carbocycles. The number of aromatic nitrogens is 1. The summed E-state index contributed by atoms with van der Waals surface area (Å²) in [6, 6.07) is 17.4. The van der Waals surface area contributed by atoms with E-state index in [2.05, 4.69) is 24.0 Å². The number of benzene rings is 2. The highest BCUT2D eigenvalue weighted by atomic mass is 32.2.